The van der Waals surface area contributed by atoms with Crippen LogP contribution in [0, 0.1) is 5.92 Å². The average molecular weight is 424 g/mol. The van der Waals surface area contributed by atoms with Crippen LogP contribution in [0.2, 0.25) is 15.1 Å². The van der Waals surface area contributed by atoms with E-state index < -0.39 is 17.6 Å². The number of benzene rings is 2. The van der Waals surface area contributed by atoms with Gasteiger partial charge >= 0.3 is 0 Å². The second-order valence-corrected chi connectivity index (χ2v) is 7.08. The van der Waals surface area contributed by atoms with Gasteiger partial charge in [0.05, 0.1) is 22.3 Å². The first kappa shape index (κ1) is 19.5. The van der Waals surface area contributed by atoms with Gasteiger partial charge in [-0.3, -0.25) is 9.59 Å². The topological polar surface area (TPSA) is 88.1 Å². The molecule has 3 rings (SSSR count). The van der Waals surface area contributed by atoms with E-state index in [2.05, 4.69) is 10.2 Å². The lowest BCUT2D eigenvalue weighted by atomic mass is 9.91. The van der Waals surface area contributed by atoms with Gasteiger partial charge in [-0.25, -0.2) is 10.9 Å². The van der Waals surface area contributed by atoms with Gasteiger partial charge in [0.2, 0.25) is 0 Å². The van der Waals surface area contributed by atoms with Gasteiger partial charge in [0, 0.05) is 10.0 Å². The van der Waals surface area contributed by atoms with Crippen molar-refractivity contribution in [2.75, 3.05) is 5.01 Å². The molecule has 9 heteroatoms. The zero-order valence-corrected chi connectivity index (χ0v) is 16.3. The summed E-state index contributed by atoms with van der Waals surface area (Å²) in [5, 5.41) is 9.75. The fourth-order valence-electron chi connectivity index (χ4n) is 2.55. The summed E-state index contributed by atoms with van der Waals surface area (Å²) < 4.78 is 0. The summed E-state index contributed by atoms with van der Waals surface area (Å²) in [6.07, 6.45) is 0. The number of amides is 1. The third-order valence-corrected chi connectivity index (χ3v) is 4.82. The van der Waals surface area contributed by atoms with E-state index in [1.807, 2.05) is 0 Å². The second kappa shape index (κ2) is 7.78. The van der Waals surface area contributed by atoms with E-state index in [9.17, 15) is 9.59 Å². The minimum Gasteiger partial charge on any atom is -0.291 e. The van der Waals surface area contributed by atoms with Crippen LogP contribution in [-0.4, -0.2) is 23.1 Å². The lowest BCUT2D eigenvalue weighted by Gasteiger charge is -2.22. The number of carbonyl (C=O) groups excluding carboxylic acids is 2. The molecule has 0 radical (unpaired) electrons. The molecule has 1 aliphatic heterocycles. The fourth-order valence-corrected chi connectivity index (χ4v) is 3.17. The molecule has 1 atom stereocenters. The predicted molar refractivity (Wildman–Crippen MR) is 108 cm³/mol. The molecule has 0 bridgehead atoms. The first-order chi connectivity index (χ1) is 12.8. The molecule has 0 aliphatic carbocycles. The molecular weight excluding hydrogens is 411 g/mol. The van der Waals surface area contributed by atoms with E-state index >= 15 is 0 Å². The zero-order valence-electron chi connectivity index (χ0n) is 14.0. The fraction of sp³-hybridized carbons (Fsp3) is 0.111. The van der Waals surface area contributed by atoms with E-state index in [1.165, 1.54) is 18.2 Å². The highest BCUT2D eigenvalue weighted by Gasteiger charge is 2.35. The number of halogens is 3. The van der Waals surface area contributed by atoms with Gasteiger partial charge in [0.25, 0.3) is 5.91 Å². The standard InChI is InChI=1S/C18H13Cl3N4O2/c1-9-15(10-2-4-11(19)5-3-10)23-24-16(17(9)26)18(27)25(22)14-7-6-12(20)8-13(14)21/h2-9H,22H2,1H3. The van der Waals surface area contributed by atoms with Crippen molar-refractivity contribution in [1.29, 1.82) is 0 Å². The van der Waals surface area contributed by atoms with Gasteiger partial charge < -0.3 is 0 Å². The van der Waals surface area contributed by atoms with Crippen LogP contribution >= 0.6 is 34.8 Å². The van der Waals surface area contributed by atoms with Crippen molar-refractivity contribution in [2.24, 2.45) is 22.0 Å². The van der Waals surface area contributed by atoms with Crippen molar-refractivity contribution in [3.05, 3.63) is 63.1 Å². The zero-order chi connectivity index (χ0) is 19.7. The van der Waals surface area contributed by atoms with Gasteiger partial charge in [0.15, 0.2) is 11.5 Å². The molecule has 2 aromatic rings. The molecule has 6 nitrogen and oxygen atoms in total. The monoisotopic (exact) mass is 422 g/mol. The third-order valence-electron chi connectivity index (χ3n) is 4.03. The summed E-state index contributed by atoms with van der Waals surface area (Å²) in [5.41, 5.74) is 0.970. The Morgan fingerprint density at radius 3 is 2.30 bits per heavy atom. The number of nitrogens with two attached hydrogens (primary N) is 1. The minimum absolute atomic E-state index is 0.167. The number of hydrogen-bond acceptors (Lipinski definition) is 5. The summed E-state index contributed by atoms with van der Waals surface area (Å²) >= 11 is 17.8. The Morgan fingerprint density at radius 1 is 1.04 bits per heavy atom. The van der Waals surface area contributed by atoms with E-state index in [0.29, 0.717) is 21.3 Å². The minimum atomic E-state index is -0.810. The summed E-state index contributed by atoms with van der Waals surface area (Å²) in [6.45, 7) is 1.65. The number of carbonyl (C=O) groups is 2. The van der Waals surface area contributed by atoms with Gasteiger partial charge in [-0.2, -0.15) is 5.10 Å². The van der Waals surface area contributed by atoms with Crippen LogP contribution < -0.4 is 10.9 Å². The molecule has 0 saturated carbocycles. The Hall–Kier alpha value is -2.25. The summed E-state index contributed by atoms with van der Waals surface area (Å²) in [6, 6.07) is 11.3. The maximum Gasteiger partial charge on any atom is 0.296 e. The molecule has 0 spiro atoms. The maximum atomic E-state index is 12.7. The van der Waals surface area contributed by atoms with Crippen molar-refractivity contribution in [3.8, 4) is 0 Å². The molecule has 138 valence electrons. The molecule has 2 N–H and O–H groups in total. The Labute approximate surface area is 170 Å². The largest absolute Gasteiger partial charge is 0.296 e. The SMILES string of the molecule is CC1C(=O)C(C(=O)N(N)c2ccc(Cl)cc2Cl)=NN=C1c1ccc(Cl)cc1. The molecule has 1 heterocycles. The van der Waals surface area contributed by atoms with Crippen molar-refractivity contribution in [2.45, 2.75) is 6.92 Å². The van der Waals surface area contributed by atoms with E-state index in [1.54, 1.807) is 31.2 Å². The van der Waals surface area contributed by atoms with Crippen molar-refractivity contribution < 1.29 is 9.59 Å². The molecule has 1 aliphatic rings. The van der Waals surface area contributed by atoms with Gasteiger partial charge in [-0.05, 0) is 42.8 Å². The normalized spacial score (nSPS) is 16.6. The molecule has 2 aromatic carbocycles. The highest BCUT2D eigenvalue weighted by Crippen LogP contribution is 2.28. The Balaban J connectivity index is 1.93. The number of hydrogen-bond donors (Lipinski definition) is 1. The van der Waals surface area contributed by atoms with Crippen LogP contribution in [0.3, 0.4) is 0 Å². The highest BCUT2D eigenvalue weighted by atomic mass is 35.5. The van der Waals surface area contributed by atoms with E-state index in [4.69, 9.17) is 40.6 Å². The van der Waals surface area contributed by atoms with Crippen LogP contribution in [0.15, 0.2) is 52.7 Å². The van der Waals surface area contributed by atoms with Crippen LogP contribution in [-0.2, 0) is 9.59 Å². The van der Waals surface area contributed by atoms with Crippen molar-refractivity contribution in [3.63, 3.8) is 0 Å². The number of ketones is 1. The van der Waals surface area contributed by atoms with Crippen LogP contribution in [0.25, 0.3) is 0 Å². The summed E-state index contributed by atoms with van der Waals surface area (Å²) in [4.78, 5) is 25.3. The van der Waals surface area contributed by atoms with Crippen molar-refractivity contribution >= 4 is 63.6 Å². The number of anilines is 1. The lowest BCUT2D eigenvalue weighted by Crippen LogP contribution is -2.47. The molecule has 0 aromatic heterocycles. The summed E-state index contributed by atoms with van der Waals surface area (Å²) in [7, 11) is 0. The Kier molecular flexibility index (Phi) is 5.62. The number of nitrogens with zero attached hydrogens (tertiary/aromatic N) is 3. The molecule has 1 unspecified atom stereocenters. The Bertz CT molecular complexity index is 987. The van der Waals surface area contributed by atoms with Crippen LogP contribution in [0.1, 0.15) is 12.5 Å². The number of hydrazine groups is 1. The molecule has 0 saturated heterocycles. The van der Waals surface area contributed by atoms with Crippen molar-refractivity contribution in [1.82, 2.24) is 0 Å². The third kappa shape index (κ3) is 3.89. The van der Waals surface area contributed by atoms with E-state index in [-0.39, 0.29) is 16.4 Å². The van der Waals surface area contributed by atoms with Crippen LogP contribution in [0.5, 0.6) is 0 Å². The highest BCUT2D eigenvalue weighted by molar-refractivity contribution is 6.70. The smallest absolute Gasteiger partial charge is 0.291 e. The number of Topliss-reactive ketones (excluding diaryl/α,β-unsaturated/α-hetero) is 1. The second-order valence-electron chi connectivity index (χ2n) is 5.80. The first-order valence-corrected chi connectivity index (χ1v) is 8.93. The molecule has 0 fully saturated rings. The predicted octanol–water partition coefficient (Wildman–Crippen LogP) is 3.92. The quantitative estimate of drug-likeness (QED) is 0.461. The molecule has 27 heavy (non-hydrogen) atoms. The molecule has 1 amide bonds. The van der Waals surface area contributed by atoms with Gasteiger partial charge in [0.1, 0.15) is 0 Å². The summed E-state index contributed by atoms with van der Waals surface area (Å²) in [5.74, 6) is 3.88. The number of rotatable bonds is 3. The average Bonchev–Trinajstić information content (AvgIpc) is 2.64. The van der Waals surface area contributed by atoms with Crippen LogP contribution in [0.4, 0.5) is 5.69 Å². The maximum absolute atomic E-state index is 12.7. The van der Waals surface area contributed by atoms with Gasteiger partial charge in [-0.15, -0.1) is 5.10 Å². The van der Waals surface area contributed by atoms with E-state index in [0.717, 1.165) is 5.01 Å². The first-order valence-electron chi connectivity index (χ1n) is 7.79. The van der Waals surface area contributed by atoms with Gasteiger partial charge in [-0.1, -0.05) is 46.9 Å². The Morgan fingerprint density at radius 2 is 1.67 bits per heavy atom. The lowest BCUT2D eigenvalue weighted by molar-refractivity contribution is -0.117. The molecular formula is C18H13Cl3N4O2.